The molecule has 0 radical (unpaired) electrons. The third-order valence-corrected chi connectivity index (χ3v) is 4.68. The van der Waals surface area contributed by atoms with Crippen molar-refractivity contribution in [1.82, 2.24) is 4.90 Å². The standard InChI is InChI=1S/C17H24BrN3O2/c1-3-5-15(22)21-7-4-6-12(10-21)17(23)20-14-9-13(18)8-11(2)16(14)19/h8-9,12H,3-7,10,19H2,1-2H3,(H,20,23). The molecular formula is C17H24BrN3O2. The number of anilines is 2. The van der Waals surface area contributed by atoms with E-state index in [0.717, 1.165) is 35.8 Å². The number of hydrogen-bond donors (Lipinski definition) is 2. The van der Waals surface area contributed by atoms with E-state index in [0.29, 0.717) is 24.3 Å². The van der Waals surface area contributed by atoms with E-state index in [1.165, 1.54) is 0 Å². The molecule has 23 heavy (non-hydrogen) atoms. The van der Waals surface area contributed by atoms with Crippen molar-refractivity contribution in [2.45, 2.75) is 39.5 Å². The third kappa shape index (κ3) is 4.47. The number of hydrogen-bond acceptors (Lipinski definition) is 3. The zero-order chi connectivity index (χ0) is 17.0. The van der Waals surface area contributed by atoms with Crippen molar-refractivity contribution in [3.63, 3.8) is 0 Å². The SMILES string of the molecule is CCCC(=O)N1CCCC(C(=O)Nc2cc(Br)cc(C)c2N)C1. The minimum Gasteiger partial charge on any atom is -0.397 e. The second-order valence-corrected chi connectivity index (χ2v) is 7.02. The smallest absolute Gasteiger partial charge is 0.229 e. The molecule has 0 bridgehead atoms. The molecule has 1 fully saturated rings. The minimum atomic E-state index is -0.178. The molecule has 0 aromatic heterocycles. The molecule has 0 saturated carbocycles. The van der Waals surface area contributed by atoms with Gasteiger partial charge in [-0.2, -0.15) is 0 Å². The molecule has 2 amide bonds. The maximum absolute atomic E-state index is 12.5. The van der Waals surface area contributed by atoms with Crippen molar-refractivity contribution in [2.24, 2.45) is 5.92 Å². The van der Waals surface area contributed by atoms with Crippen molar-refractivity contribution in [3.05, 3.63) is 22.2 Å². The summed E-state index contributed by atoms with van der Waals surface area (Å²) in [6.07, 6.45) is 3.04. The van der Waals surface area contributed by atoms with Crippen molar-refractivity contribution >= 4 is 39.1 Å². The van der Waals surface area contributed by atoms with Crippen LogP contribution >= 0.6 is 15.9 Å². The van der Waals surface area contributed by atoms with Gasteiger partial charge in [0.25, 0.3) is 0 Å². The Balaban J connectivity index is 2.04. The summed E-state index contributed by atoms with van der Waals surface area (Å²) in [6.45, 7) is 5.14. The predicted octanol–water partition coefficient (Wildman–Crippen LogP) is 3.32. The molecule has 0 aliphatic carbocycles. The van der Waals surface area contributed by atoms with E-state index in [4.69, 9.17) is 5.73 Å². The van der Waals surface area contributed by atoms with Crippen molar-refractivity contribution in [3.8, 4) is 0 Å². The zero-order valence-electron chi connectivity index (χ0n) is 13.7. The summed E-state index contributed by atoms with van der Waals surface area (Å²) in [4.78, 5) is 26.4. The van der Waals surface area contributed by atoms with Crippen LogP contribution in [0.2, 0.25) is 0 Å². The number of nitrogen functional groups attached to an aromatic ring is 1. The lowest BCUT2D eigenvalue weighted by atomic mass is 9.96. The van der Waals surface area contributed by atoms with Gasteiger partial charge >= 0.3 is 0 Å². The van der Waals surface area contributed by atoms with Crippen molar-refractivity contribution < 1.29 is 9.59 Å². The Morgan fingerprint density at radius 2 is 2.17 bits per heavy atom. The van der Waals surface area contributed by atoms with Crippen LogP contribution in [0.4, 0.5) is 11.4 Å². The first-order valence-electron chi connectivity index (χ1n) is 8.06. The Kier molecular flexibility index (Phi) is 6.04. The van der Waals surface area contributed by atoms with Crippen molar-refractivity contribution in [1.29, 1.82) is 0 Å². The molecule has 5 nitrogen and oxygen atoms in total. The Labute approximate surface area is 145 Å². The van der Waals surface area contributed by atoms with Gasteiger partial charge in [-0.1, -0.05) is 22.9 Å². The fourth-order valence-electron chi connectivity index (χ4n) is 2.88. The number of aryl methyl sites for hydroxylation is 1. The number of carbonyl (C=O) groups excluding carboxylic acids is 2. The fourth-order valence-corrected chi connectivity index (χ4v) is 3.45. The van der Waals surface area contributed by atoms with Gasteiger partial charge in [0.15, 0.2) is 0 Å². The molecule has 1 heterocycles. The summed E-state index contributed by atoms with van der Waals surface area (Å²) in [5, 5.41) is 2.92. The number of nitrogens with two attached hydrogens (primary N) is 1. The number of rotatable bonds is 4. The van der Waals surface area contributed by atoms with E-state index in [9.17, 15) is 9.59 Å². The van der Waals surface area contributed by atoms with Gasteiger partial charge in [-0.3, -0.25) is 9.59 Å². The topological polar surface area (TPSA) is 75.4 Å². The average Bonchev–Trinajstić information content (AvgIpc) is 2.52. The molecule has 1 aliphatic rings. The van der Waals surface area contributed by atoms with Gasteiger partial charge in [0.05, 0.1) is 17.3 Å². The number of nitrogens with zero attached hydrogens (tertiary/aromatic N) is 1. The highest BCUT2D eigenvalue weighted by atomic mass is 79.9. The van der Waals surface area contributed by atoms with Crippen LogP contribution in [0.15, 0.2) is 16.6 Å². The van der Waals surface area contributed by atoms with E-state index < -0.39 is 0 Å². The van der Waals surface area contributed by atoms with Gasteiger partial charge in [-0.05, 0) is 43.9 Å². The Morgan fingerprint density at radius 1 is 1.43 bits per heavy atom. The second kappa shape index (κ2) is 7.81. The van der Waals surface area contributed by atoms with Gasteiger partial charge in [-0.15, -0.1) is 0 Å². The molecule has 3 N–H and O–H groups in total. The molecule has 1 atom stereocenters. The monoisotopic (exact) mass is 381 g/mol. The first-order valence-corrected chi connectivity index (χ1v) is 8.86. The molecule has 1 aromatic carbocycles. The third-order valence-electron chi connectivity index (χ3n) is 4.22. The summed E-state index contributed by atoms with van der Waals surface area (Å²) in [6, 6.07) is 3.72. The van der Waals surface area contributed by atoms with E-state index in [2.05, 4.69) is 21.2 Å². The van der Waals surface area contributed by atoms with Crippen LogP contribution in [0.3, 0.4) is 0 Å². The maximum atomic E-state index is 12.5. The number of benzene rings is 1. The normalized spacial score (nSPS) is 17.9. The van der Waals surface area contributed by atoms with Crippen LogP contribution in [0, 0.1) is 12.8 Å². The minimum absolute atomic E-state index is 0.0665. The largest absolute Gasteiger partial charge is 0.397 e. The van der Waals surface area contributed by atoms with E-state index in [-0.39, 0.29) is 17.7 Å². The molecule has 1 aliphatic heterocycles. The number of piperidine rings is 1. The summed E-state index contributed by atoms with van der Waals surface area (Å²) in [7, 11) is 0. The van der Waals surface area contributed by atoms with Gasteiger partial charge < -0.3 is 16.0 Å². The van der Waals surface area contributed by atoms with Crippen LogP contribution in [-0.2, 0) is 9.59 Å². The fraction of sp³-hybridized carbons (Fsp3) is 0.529. The second-order valence-electron chi connectivity index (χ2n) is 6.10. The first kappa shape index (κ1) is 17.8. The number of amides is 2. The Hall–Kier alpha value is -1.56. The Morgan fingerprint density at radius 3 is 2.87 bits per heavy atom. The predicted molar refractivity (Wildman–Crippen MR) is 96.1 cm³/mol. The number of likely N-dealkylation sites (tertiary alicyclic amines) is 1. The van der Waals surface area contributed by atoms with Gasteiger partial charge in [-0.25, -0.2) is 0 Å². The molecular weight excluding hydrogens is 358 g/mol. The summed E-state index contributed by atoms with van der Waals surface area (Å²) >= 11 is 3.42. The highest BCUT2D eigenvalue weighted by Crippen LogP contribution is 2.28. The maximum Gasteiger partial charge on any atom is 0.229 e. The highest BCUT2D eigenvalue weighted by Gasteiger charge is 2.28. The molecule has 1 unspecified atom stereocenters. The lowest BCUT2D eigenvalue weighted by molar-refractivity contribution is -0.134. The van der Waals surface area contributed by atoms with Crippen molar-refractivity contribution in [2.75, 3.05) is 24.1 Å². The van der Waals surface area contributed by atoms with Crippen LogP contribution in [0.5, 0.6) is 0 Å². The lowest BCUT2D eigenvalue weighted by Crippen LogP contribution is -2.43. The number of nitrogens with one attached hydrogen (secondary N) is 1. The highest BCUT2D eigenvalue weighted by molar-refractivity contribution is 9.10. The zero-order valence-corrected chi connectivity index (χ0v) is 15.3. The molecule has 1 saturated heterocycles. The molecule has 6 heteroatoms. The molecule has 126 valence electrons. The first-order chi connectivity index (χ1) is 10.9. The van der Waals surface area contributed by atoms with Gasteiger partial charge in [0.2, 0.25) is 11.8 Å². The van der Waals surface area contributed by atoms with Crippen LogP contribution in [-0.4, -0.2) is 29.8 Å². The van der Waals surface area contributed by atoms with Gasteiger partial charge in [0, 0.05) is 24.0 Å². The van der Waals surface area contributed by atoms with E-state index in [1.54, 1.807) is 0 Å². The molecule has 2 rings (SSSR count). The number of carbonyl (C=O) groups is 2. The van der Waals surface area contributed by atoms with E-state index in [1.807, 2.05) is 30.9 Å². The summed E-state index contributed by atoms with van der Waals surface area (Å²) < 4.78 is 0.878. The Bertz CT molecular complexity index is 604. The van der Waals surface area contributed by atoms with Crippen LogP contribution < -0.4 is 11.1 Å². The molecule has 1 aromatic rings. The summed E-state index contributed by atoms with van der Waals surface area (Å²) in [5.41, 5.74) is 8.16. The lowest BCUT2D eigenvalue weighted by Gasteiger charge is -2.32. The number of halogens is 1. The van der Waals surface area contributed by atoms with E-state index >= 15 is 0 Å². The molecule has 0 spiro atoms. The average molecular weight is 382 g/mol. The van der Waals surface area contributed by atoms with Gasteiger partial charge in [0.1, 0.15) is 0 Å². The quantitative estimate of drug-likeness (QED) is 0.785. The summed E-state index contributed by atoms with van der Waals surface area (Å²) in [5.74, 6) is -0.103. The van der Waals surface area contributed by atoms with Crippen LogP contribution in [0.1, 0.15) is 38.2 Å². The van der Waals surface area contributed by atoms with Crippen LogP contribution in [0.25, 0.3) is 0 Å².